The molecule has 1 saturated heterocycles. The van der Waals surface area contributed by atoms with Gasteiger partial charge in [0.1, 0.15) is 6.04 Å². The molecule has 0 aliphatic carbocycles. The van der Waals surface area contributed by atoms with Crippen LogP contribution in [0.4, 0.5) is 0 Å². The number of nitrogens with zero attached hydrogens (tertiary/aromatic N) is 1. The van der Waals surface area contributed by atoms with Gasteiger partial charge in [-0.2, -0.15) is 11.8 Å². The van der Waals surface area contributed by atoms with E-state index in [1.54, 1.807) is 11.8 Å². The van der Waals surface area contributed by atoms with Crippen LogP contribution in [0, 0.1) is 0 Å². The molecule has 5 nitrogen and oxygen atoms in total. The molecule has 104 valence electrons. The molecule has 2 N–H and O–H groups in total. The van der Waals surface area contributed by atoms with Crippen LogP contribution in [0.1, 0.15) is 27.2 Å². The van der Waals surface area contributed by atoms with Gasteiger partial charge in [-0.1, -0.05) is 0 Å². The number of aliphatic carboxylic acids is 1. The molecule has 1 aliphatic heterocycles. The van der Waals surface area contributed by atoms with Crippen LogP contribution < -0.4 is 5.32 Å². The molecule has 1 heterocycles. The number of carboxylic acids is 1. The Balaban J connectivity index is 2.46. The van der Waals surface area contributed by atoms with Crippen molar-refractivity contribution in [3.63, 3.8) is 0 Å². The minimum Gasteiger partial charge on any atom is -0.480 e. The fourth-order valence-corrected chi connectivity index (χ4v) is 2.83. The molecule has 1 aliphatic rings. The van der Waals surface area contributed by atoms with Gasteiger partial charge in [0.15, 0.2) is 0 Å². The first-order chi connectivity index (χ1) is 8.31. The third kappa shape index (κ3) is 4.86. The van der Waals surface area contributed by atoms with Gasteiger partial charge >= 0.3 is 5.97 Å². The summed E-state index contributed by atoms with van der Waals surface area (Å²) in [5.41, 5.74) is -0.0236. The lowest BCUT2D eigenvalue weighted by atomic mass is 10.1. The average Bonchev–Trinajstić information content (AvgIpc) is 2.27. The van der Waals surface area contributed by atoms with Crippen molar-refractivity contribution in [1.82, 2.24) is 10.2 Å². The standard InChI is InChI=1S/C12H22N2O3S/c1-12(2,3)13-5-4-10(15)14-6-7-18-8-9(14)11(16)17/h9,13H,4-8H2,1-3H3,(H,16,17). The van der Waals surface area contributed by atoms with Crippen molar-refractivity contribution in [2.45, 2.75) is 38.8 Å². The summed E-state index contributed by atoms with van der Waals surface area (Å²) in [7, 11) is 0. The number of nitrogens with one attached hydrogen (secondary N) is 1. The van der Waals surface area contributed by atoms with Crippen LogP contribution in [0.2, 0.25) is 0 Å². The van der Waals surface area contributed by atoms with Crippen molar-refractivity contribution in [3.05, 3.63) is 0 Å². The smallest absolute Gasteiger partial charge is 0.327 e. The second-order valence-corrected chi connectivity index (χ2v) is 6.59. The molecule has 18 heavy (non-hydrogen) atoms. The number of hydrogen-bond donors (Lipinski definition) is 2. The molecule has 0 aromatic carbocycles. The zero-order valence-electron chi connectivity index (χ0n) is 11.2. The number of carboxylic acid groups (broad SMARTS) is 1. The van der Waals surface area contributed by atoms with Crippen molar-refractivity contribution in [1.29, 1.82) is 0 Å². The summed E-state index contributed by atoms with van der Waals surface area (Å²) in [6.07, 6.45) is 0.353. The number of rotatable bonds is 4. The minimum absolute atomic E-state index is 0.0236. The Morgan fingerprint density at radius 2 is 2.11 bits per heavy atom. The summed E-state index contributed by atoms with van der Waals surface area (Å²) in [5, 5.41) is 12.3. The number of carbonyl (C=O) groups excluding carboxylic acids is 1. The summed E-state index contributed by atoms with van der Waals surface area (Å²) < 4.78 is 0. The fourth-order valence-electron chi connectivity index (χ4n) is 1.79. The van der Waals surface area contributed by atoms with Crippen molar-refractivity contribution in [3.8, 4) is 0 Å². The van der Waals surface area contributed by atoms with Crippen LogP contribution in [0.3, 0.4) is 0 Å². The molecular formula is C12H22N2O3S. The van der Waals surface area contributed by atoms with Gasteiger partial charge in [0.05, 0.1) is 0 Å². The van der Waals surface area contributed by atoms with Crippen LogP contribution in [-0.2, 0) is 9.59 Å². The van der Waals surface area contributed by atoms with Gasteiger partial charge in [-0.05, 0) is 20.8 Å². The Bertz CT molecular complexity index is 315. The van der Waals surface area contributed by atoms with Gasteiger partial charge < -0.3 is 15.3 Å². The van der Waals surface area contributed by atoms with Crippen LogP contribution >= 0.6 is 11.8 Å². The summed E-state index contributed by atoms with van der Waals surface area (Å²) in [6, 6.07) is -0.661. The third-order valence-electron chi connectivity index (χ3n) is 2.73. The second-order valence-electron chi connectivity index (χ2n) is 5.44. The SMILES string of the molecule is CC(C)(C)NCCC(=O)N1CCSCC1C(=O)O. The Morgan fingerprint density at radius 3 is 2.67 bits per heavy atom. The van der Waals surface area contributed by atoms with Crippen LogP contribution in [0.15, 0.2) is 0 Å². The third-order valence-corrected chi connectivity index (χ3v) is 3.75. The summed E-state index contributed by atoms with van der Waals surface area (Å²) in [4.78, 5) is 24.6. The van der Waals surface area contributed by atoms with E-state index >= 15 is 0 Å². The van der Waals surface area contributed by atoms with Gasteiger partial charge in [-0.25, -0.2) is 4.79 Å². The molecule has 0 saturated carbocycles. The molecule has 1 fully saturated rings. The summed E-state index contributed by atoms with van der Waals surface area (Å²) in [5.74, 6) is 0.342. The molecular weight excluding hydrogens is 252 g/mol. The van der Waals surface area contributed by atoms with Crippen molar-refractivity contribution in [2.24, 2.45) is 0 Å². The number of carbonyl (C=O) groups is 2. The molecule has 0 spiro atoms. The van der Waals surface area contributed by atoms with Crippen molar-refractivity contribution >= 4 is 23.6 Å². The molecule has 1 unspecified atom stereocenters. The van der Waals surface area contributed by atoms with E-state index in [0.29, 0.717) is 25.3 Å². The number of thioether (sulfide) groups is 1. The predicted molar refractivity (Wildman–Crippen MR) is 72.8 cm³/mol. The Hall–Kier alpha value is -0.750. The highest BCUT2D eigenvalue weighted by molar-refractivity contribution is 7.99. The highest BCUT2D eigenvalue weighted by Crippen LogP contribution is 2.17. The van der Waals surface area contributed by atoms with E-state index < -0.39 is 12.0 Å². The minimum atomic E-state index is -0.903. The lowest BCUT2D eigenvalue weighted by Gasteiger charge is -2.33. The van der Waals surface area contributed by atoms with E-state index in [2.05, 4.69) is 5.32 Å². The van der Waals surface area contributed by atoms with Gasteiger partial charge in [0, 0.05) is 36.6 Å². The van der Waals surface area contributed by atoms with E-state index in [1.165, 1.54) is 4.90 Å². The number of hydrogen-bond acceptors (Lipinski definition) is 4. The first-order valence-corrected chi connectivity index (χ1v) is 7.32. The predicted octanol–water partition coefficient (Wildman–Crippen LogP) is 0.793. The maximum absolute atomic E-state index is 12.0. The van der Waals surface area contributed by atoms with Crippen LogP contribution in [-0.4, -0.2) is 58.1 Å². The van der Waals surface area contributed by atoms with E-state index in [-0.39, 0.29) is 11.4 Å². The first kappa shape index (κ1) is 15.3. The largest absolute Gasteiger partial charge is 0.480 e. The highest BCUT2D eigenvalue weighted by Gasteiger charge is 2.31. The normalized spacial score (nSPS) is 20.8. The zero-order valence-corrected chi connectivity index (χ0v) is 12.0. The van der Waals surface area contributed by atoms with Gasteiger partial charge in [-0.15, -0.1) is 0 Å². The molecule has 0 radical (unpaired) electrons. The molecule has 0 aromatic rings. The monoisotopic (exact) mass is 274 g/mol. The summed E-state index contributed by atoms with van der Waals surface area (Å²) in [6.45, 7) is 7.23. The van der Waals surface area contributed by atoms with E-state index in [9.17, 15) is 9.59 Å². The molecule has 1 rings (SSSR count). The molecule has 0 aromatic heterocycles. The van der Waals surface area contributed by atoms with E-state index in [0.717, 1.165) is 5.75 Å². The molecule has 6 heteroatoms. The highest BCUT2D eigenvalue weighted by atomic mass is 32.2. The molecule has 1 amide bonds. The van der Waals surface area contributed by atoms with Crippen molar-refractivity contribution < 1.29 is 14.7 Å². The summed E-state index contributed by atoms with van der Waals surface area (Å²) >= 11 is 1.59. The topological polar surface area (TPSA) is 69.6 Å². The van der Waals surface area contributed by atoms with Gasteiger partial charge in [0.2, 0.25) is 5.91 Å². The lowest BCUT2D eigenvalue weighted by molar-refractivity contribution is -0.149. The second kappa shape index (κ2) is 6.43. The Labute approximate surface area is 112 Å². The lowest BCUT2D eigenvalue weighted by Crippen LogP contribution is -2.51. The fraction of sp³-hybridized carbons (Fsp3) is 0.833. The van der Waals surface area contributed by atoms with E-state index in [1.807, 2.05) is 20.8 Å². The van der Waals surface area contributed by atoms with Crippen molar-refractivity contribution in [2.75, 3.05) is 24.6 Å². The van der Waals surface area contributed by atoms with Gasteiger partial charge in [0.25, 0.3) is 0 Å². The average molecular weight is 274 g/mol. The zero-order chi connectivity index (χ0) is 13.8. The first-order valence-electron chi connectivity index (χ1n) is 6.16. The Kier molecular flexibility index (Phi) is 5.47. The maximum atomic E-state index is 12.0. The van der Waals surface area contributed by atoms with Crippen LogP contribution in [0.5, 0.6) is 0 Å². The molecule has 0 bridgehead atoms. The van der Waals surface area contributed by atoms with E-state index in [4.69, 9.17) is 5.11 Å². The molecule has 1 atom stereocenters. The van der Waals surface area contributed by atoms with Crippen LogP contribution in [0.25, 0.3) is 0 Å². The Morgan fingerprint density at radius 1 is 1.44 bits per heavy atom. The van der Waals surface area contributed by atoms with Gasteiger partial charge in [-0.3, -0.25) is 4.79 Å². The maximum Gasteiger partial charge on any atom is 0.327 e. The quantitative estimate of drug-likeness (QED) is 0.793. The number of amides is 1.